The van der Waals surface area contributed by atoms with Gasteiger partial charge in [-0.25, -0.2) is 4.79 Å². The van der Waals surface area contributed by atoms with Crippen molar-refractivity contribution >= 4 is 43.8 Å². The number of amides is 1. The molecule has 1 amide bonds. The minimum absolute atomic E-state index is 0.0496. The van der Waals surface area contributed by atoms with Crippen molar-refractivity contribution < 1.29 is 4.79 Å². The molecule has 5 rings (SSSR count). The van der Waals surface area contributed by atoms with Gasteiger partial charge < -0.3 is 14.5 Å². The molecule has 0 saturated carbocycles. The number of nitriles is 1. The van der Waals surface area contributed by atoms with Crippen molar-refractivity contribution in [2.24, 2.45) is 0 Å². The smallest absolute Gasteiger partial charge is 0.326 e. The van der Waals surface area contributed by atoms with Crippen molar-refractivity contribution in [3.05, 3.63) is 69.2 Å². The number of fused-ring (bicyclic) bond motifs is 2. The van der Waals surface area contributed by atoms with E-state index in [1.165, 1.54) is 0 Å². The fraction of sp³-hybridized carbons (Fsp3) is 0.261. The minimum atomic E-state index is -0.106. The molecule has 3 heterocycles. The summed E-state index contributed by atoms with van der Waals surface area (Å²) in [7, 11) is 0. The van der Waals surface area contributed by atoms with Gasteiger partial charge in [0, 0.05) is 34.5 Å². The van der Waals surface area contributed by atoms with Crippen LogP contribution >= 0.6 is 15.9 Å². The molecule has 0 spiro atoms. The Morgan fingerprint density at radius 3 is 2.68 bits per heavy atom. The van der Waals surface area contributed by atoms with E-state index in [0.717, 1.165) is 26.4 Å². The van der Waals surface area contributed by atoms with Crippen molar-refractivity contribution in [3.63, 3.8) is 0 Å². The molecule has 1 aliphatic heterocycles. The van der Waals surface area contributed by atoms with Gasteiger partial charge in [-0.3, -0.25) is 9.36 Å². The topological polar surface area (TPSA) is 86.8 Å². The van der Waals surface area contributed by atoms with Gasteiger partial charge in [-0.1, -0.05) is 28.1 Å². The SMILES string of the molecule is N#CCn1c(C(=O)N2CCC(n3c(=O)[nH]c4ccccc43)CC2)cc2cc(Br)ccc21. The molecule has 156 valence electrons. The van der Waals surface area contributed by atoms with E-state index in [0.29, 0.717) is 31.6 Å². The number of rotatable bonds is 3. The van der Waals surface area contributed by atoms with Crippen LogP contribution in [0.5, 0.6) is 0 Å². The Balaban J connectivity index is 1.40. The molecule has 0 unspecified atom stereocenters. The molecule has 2 aromatic heterocycles. The van der Waals surface area contributed by atoms with Crippen LogP contribution < -0.4 is 5.69 Å². The molecule has 1 saturated heterocycles. The maximum atomic E-state index is 13.3. The number of nitrogens with zero attached hydrogens (tertiary/aromatic N) is 4. The summed E-state index contributed by atoms with van der Waals surface area (Å²) in [5.41, 5.74) is 3.02. The van der Waals surface area contributed by atoms with Gasteiger partial charge in [0.1, 0.15) is 12.2 Å². The highest BCUT2D eigenvalue weighted by Gasteiger charge is 2.28. The van der Waals surface area contributed by atoms with Crippen LogP contribution in [0.3, 0.4) is 0 Å². The Bertz CT molecular complexity index is 1400. The van der Waals surface area contributed by atoms with Crippen molar-refractivity contribution in [2.75, 3.05) is 13.1 Å². The number of likely N-dealkylation sites (tertiary alicyclic amines) is 1. The second-order valence-corrected chi connectivity index (χ2v) is 8.73. The Morgan fingerprint density at radius 1 is 1.13 bits per heavy atom. The zero-order valence-corrected chi connectivity index (χ0v) is 18.3. The standard InChI is InChI=1S/C23H20BrN5O2/c24-16-5-6-19-15(13-16)14-21(28(19)12-9-25)22(30)27-10-7-17(8-11-27)29-20-4-2-1-3-18(20)26-23(29)31/h1-6,13-14,17H,7-8,10-12H2,(H,26,31). The fourth-order valence-electron chi connectivity index (χ4n) is 4.59. The fourth-order valence-corrected chi connectivity index (χ4v) is 4.96. The van der Waals surface area contributed by atoms with Crippen molar-refractivity contribution in [3.8, 4) is 6.07 Å². The number of carbonyl (C=O) groups excluding carboxylic acids is 1. The molecule has 31 heavy (non-hydrogen) atoms. The number of aromatic nitrogens is 3. The number of halogens is 1. The third kappa shape index (κ3) is 3.35. The van der Waals surface area contributed by atoms with Gasteiger partial charge in [-0.15, -0.1) is 0 Å². The summed E-state index contributed by atoms with van der Waals surface area (Å²) in [5.74, 6) is -0.0766. The third-order valence-electron chi connectivity index (χ3n) is 6.05. The van der Waals surface area contributed by atoms with Gasteiger partial charge in [0.2, 0.25) is 0 Å². The first-order chi connectivity index (χ1) is 15.1. The van der Waals surface area contributed by atoms with Crippen LogP contribution in [0.15, 0.2) is 57.8 Å². The Labute approximate surface area is 186 Å². The number of para-hydroxylation sites is 2. The average molecular weight is 478 g/mol. The van der Waals surface area contributed by atoms with Crippen LogP contribution in [0.25, 0.3) is 21.9 Å². The number of carbonyl (C=O) groups is 1. The summed E-state index contributed by atoms with van der Waals surface area (Å²) in [6, 6.07) is 17.5. The summed E-state index contributed by atoms with van der Waals surface area (Å²) >= 11 is 3.47. The van der Waals surface area contributed by atoms with E-state index in [2.05, 4.69) is 27.0 Å². The number of benzene rings is 2. The predicted molar refractivity (Wildman–Crippen MR) is 122 cm³/mol. The number of hydrogen-bond donors (Lipinski definition) is 1. The van der Waals surface area contributed by atoms with E-state index >= 15 is 0 Å². The summed E-state index contributed by atoms with van der Waals surface area (Å²) in [6.07, 6.45) is 1.41. The minimum Gasteiger partial charge on any atom is -0.337 e. The lowest BCUT2D eigenvalue weighted by atomic mass is 10.0. The Hall–Kier alpha value is -3.31. The monoisotopic (exact) mass is 477 g/mol. The van der Waals surface area contributed by atoms with Crippen LogP contribution in [0, 0.1) is 11.3 Å². The van der Waals surface area contributed by atoms with Crippen LogP contribution in [-0.2, 0) is 6.54 Å². The maximum absolute atomic E-state index is 13.3. The average Bonchev–Trinajstić information content (AvgIpc) is 3.30. The first-order valence-corrected chi connectivity index (χ1v) is 11.0. The Morgan fingerprint density at radius 2 is 1.90 bits per heavy atom. The maximum Gasteiger partial charge on any atom is 0.326 e. The summed E-state index contributed by atoms with van der Waals surface area (Å²) in [5, 5.41) is 10.2. The van der Waals surface area contributed by atoms with Crippen molar-refractivity contribution in [2.45, 2.75) is 25.4 Å². The van der Waals surface area contributed by atoms with Gasteiger partial charge in [-0.2, -0.15) is 5.26 Å². The molecule has 1 fully saturated rings. The summed E-state index contributed by atoms with van der Waals surface area (Å²) < 4.78 is 4.53. The van der Waals surface area contributed by atoms with Crippen LogP contribution in [0.4, 0.5) is 0 Å². The second kappa shape index (κ2) is 7.75. The lowest BCUT2D eigenvalue weighted by molar-refractivity contribution is 0.0685. The van der Waals surface area contributed by atoms with E-state index in [1.54, 1.807) is 4.57 Å². The number of hydrogen-bond acceptors (Lipinski definition) is 3. The quantitative estimate of drug-likeness (QED) is 0.482. The number of aromatic amines is 1. The van der Waals surface area contributed by atoms with E-state index in [4.69, 9.17) is 0 Å². The third-order valence-corrected chi connectivity index (χ3v) is 6.55. The number of nitrogens with one attached hydrogen (secondary N) is 1. The highest BCUT2D eigenvalue weighted by atomic mass is 79.9. The molecule has 8 heteroatoms. The van der Waals surface area contributed by atoms with Crippen LogP contribution in [-0.4, -0.2) is 38.0 Å². The Kier molecular flexibility index (Phi) is 4.91. The highest BCUT2D eigenvalue weighted by molar-refractivity contribution is 9.10. The zero-order chi connectivity index (χ0) is 21.5. The number of imidazole rings is 1. The van der Waals surface area contributed by atoms with Gasteiger partial charge >= 0.3 is 5.69 Å². The molecular formula is C23H20BrN5O2. The molecule has 0 atom stereocenters. The molecular weight excluding hydrogens is 458 g/mol. The van der Waals surface area contributed by atoms with Crippen molar-refractivity contribution in [1.29, 1.82) is 5.26 Å². The number of H-pyrrole nitrogens is 1. The van der Waals surface area contributed by atoms with E-state index in [9.17, 15) is 14.9 Å². The van der Waals surface area contributed by atoms with E-state index in [1.807, 2.05) is 58.0 Å². The first-order valence-electron chi connectivity index (χ1n) is 10.2. The first kappa shape index (κ1) is 19.6. The zero-order valence-electron chi connectivity index (χ0n) is 16.7. The van der Waals surface area contributed by atoms with Crippen LogP contribution in [0.2, 0.25) is 0 Å². The summed E-state index contributed by atoms with van der Waals surface area (Å²) in [6.45, 7) is 1.24. The highest BCUT2D eigenvalue weighted by Crippen LogP contribution is 2.28. The molecule has 4 aromatic rings. The van der Waals surface area contributed by atoms with Crippen molar-refractivity contribution in [1.82, 2.24) is 19.0 Å². The van der Waals surface area contributed by atoms with Gasteiger partial charge in [0.25, 0.3) is 5.91 Å². The molecule has 1 N–H and O–H groups in total. The molecule has 7 nitrogen and oxygen atoms in total. The molecule has 0 radical (unpaired) electrons. The summed E-state index contributed by atoms with van der Waals surface area (Å²) in [4.78, 5) is 30.6. The molecule has 0 bridgehead atoms. The molecule has 2 aromatic carbocycles. The second-order valence-electron chi connectivity index (χ2n) is 7.82. The normalized spacial score (nSPS) is 14.9. The van der Waals surface area contributed by atoms with E-state index < -0.39 is 0 Å². The van der Waals surface area contributed by atoms with Gasteiger partial charge in [0.15, 0.2) is 0 Å². The molecule has 0 aliphatic carbocycles. The number of piperidine rings is 1. The van der Waals surface area contributed by atoms with Crippen LogP contribution in [0.1, 0.15) is 29.4 Å². The largest absolute Gasteiger partial charge is 0.337 e. The van der Waals surface area contributed by atoms with Gasteiger partial charge in [0.05, 0.1) is 17.1 Å². The van der Waals surface area contributed by atoms with Gasteiger partial charge in [-0.05, 0) is 49.2 Å². The van der Waals surface area contributed by atoms with E-state index in [-0.39, 0.29) is 24.2 Å². The lowest BCUT2D eigenvalue weighted by Crippen LogP contribution is -2.41. The molecule has 1 aliphatic rings. The predicted octanol–water partition coefficient (Wildman–Crippen LogP) is 4.05. The lowest BCUT2D eigenvalue weighted by Gasteiger charge is -2.32.